The van der Waals surface area contributed by atoms with Gasteiger partial charge in [0.25, 0.3) is 0 Å². The number of aromatic hydroxyl groups is 2. The number of Topliss-reactive ketones (excluding diaryl/α,β-unsaturated/α-hetero) is 2. The van der Waals surface area contributed by atoms with Crippen molar-refractivity contribution in [2.75, 3.05) is 27.3 Å². The summed E-state index contributed by atoms with van der Waals surface area (Å²) >= 11 is 0. The summed E-state index contributed by atoms with van der Waals surface area (Å²) in [6, 6.07) is 8.65. The Morgan fingerprint density at radius 1 is 0.857 bits per heavy atom. The van der Waals surface area contributed by atoms with Crippen LogP contribution in [-0.2, 0) is 29.0 Å². The molecule has 2 N–H and O–H groups in total. The maximum Gasteiger partial charge on any atom is 0.162 e. The van der Waals surface area contributed by atoms with Crippen molar-refractivity contribution in [3.63, 3.8) is 0 Å². The summed E-state index contributed by atoms with van der Waals surface area (Å²) in [6.45, 7) is 9.79. The quantitative estimate of drug-likeness (QED) is 0.375. The fourth-order valence-electron chi connectivity index (χ4n) is 4.01. The molecule has 0 aromatic heterocycles. The Balaban J connectivity index is 2.06. The van der Waals surface area contributed by atoms with Crippen LogP contribution in [0, 0.1) is 5.41 Å². The van der Waals surface area contributed by atoms with Crippen molar-refractivity contribution in [2.24, 2.45) is 5.41 Å². The third-order valence-electron chi connectivity index (χ3n) is 6.64. The van der Waals surface area contributed by atoms with Crippen LogP contribution in [0.4, 0.5) is 0 Å². The first-order valence-electron chi connectivity index (χ1n) is 12.1. The van der Waals surface area contributed by atoms with Gasteiger partial charge in [-0.15, -0.1) is 0 Å². The first-order chi connectivity index (χ1) is 16.6. The number of phenols is 2. The molecule has 0 aliphatic heterocycles. The second-order valence-corrected chi connectivity index (χ2v) is 9.24. The van der Waals surface area contributed by atoms with Gasteiger partial charge in [0, 0.05) is 24.9 Å². The van der Waals surface area contributed by atoms with Crippen molar-refractivity contribution in [1.29, 1.82) is 0 Å². The van der Waals surface area contributed by atoms with Crippen molar-refractivity contribution in [1.82, 2.24) is 4.90 Å². The molecule has 0 saturated heterocycles. The molecule has 0 amide bonds. The number of carbonyl (C=O) groups excluding carboxylic acids is 2. The molecule has 7 nitrogen and oxygen atoms in total. The summed E-state index contributed by atoms with van der Waals surface area (Å²) in [4.78, 5) is 28.2. The minimum atomic E-state index is -1.11. The topological polar surface area (TPSA) is 96.3 Å². The molecule has 2 rings (SSSR count). The third kappa shape index (κ3) is 7.21. The molecule has 0 fully saturated rings. The van der Waals surface area contributed by atoms with Crippen molar-refractivity contribution in [3.8, 4) is 23.0 Å². The third-order valence-corrected chi connectivity index (χ3v) is 6.64. The van der Waals surface area contributed by atoms with Gasteiger partial charge in [0.1, 0.15) is 11.6 Å². The van der Waals surface area contributed by atoms with Gasteiger partial charge in [-0.25, -0.2) is 0 Å². The summed E-state index contributed by atoms with van der Waals surface area (Å²) < 4.78 is 10.5. The van der Waals surface area contributed by atoms with E-state index in [0.29, 0.717) is 30.9 Å². The van der Waals surface area contributed by atoms with Gasteiger partial charge in [-0.05, 0) is 69.1 Å². The van der Waals surface area contributed by atoms with E-state index in [1.165, 1.54) is 20.3 Å². The fraction of sp³-hybridized carbons (Fsp3) is 0.500. The zero-order valence-electron chi connectivity index (χ0n) is 21.8. The second kappa shape index (κ2) is 12.6. The number of hydrogen-bond donors (Lipinski definition) is 2. The van der Waals surface area contributed by atoms with E-state index >= 15 is 0 Å². The highest BCUT2D eigenvalue weighted by Crippen LogP contribution is 2.34. The average molecular weight is 486 g/mol. The van der Waals surface area contributed by atoms with Crippen LogP contribution >= 0.6 is 0 Å². The maximum absolute atomic E-state index is 13.0. The zero-order valence-corrected chi connectivity index (χ0v) is 21.8. The molecule has 0 aliphatic carbocycles. The van der Waals surface area contributed by atoms with Gasteiger partial charge in [-0.2, -0.15) is 0 Å². The van der Waals surface area contributed by atoms with E-state index in [1.807, 2.05) is 6.07 Å². The van der Waals surface area contributed by atoms with Crippen LogP contribution in [0.2, 0.25) is 0 Å². The molecule has 0 aliphatic rings. The molecule has 0 unspecified atom stereocenters. The zero-order chi connectivity index (χ0) is 26.2. The molecular formula is C28H39NO6. The monoisotopic (exact) mass is 485 g/mol. The van der Waals surface area contributed by atoms with Crippen molar-refractivity contribution in [2.45, 2.75) is 59.9 Å². The second-order valence-electron chi connectivity index (χ2n) is 9.24. The molecule has 0 bridgehead atoms. The van der Waals surface area contributed by atoms with Crippen LogP contribution in [0.15, 0.2) is 30.3 Å². The van der Waals surface area contributed by atoms with Crippen LogP contribution in [0.25, 0.3) is 0 Å². The lowest BCUT2D eigenvalue weighted by molar-refractivity contribution is -0.138. The molecule has 0 spiro atoms. The van der Waals surface area contributed by atoms with Gasteiger partial charge in [0.05, 0.1) is 19.6 Å². The van der Waals surface area contributed by atoms with E-state index in [0.717, 1.165) is 29.8 Å². The Kier molecular flexibility index (Phi) is 10.1. The van der Waals surface area contributed by atoms with Crippen LogP contribution < -0.4 is 9.47 Å². The molecule has 192 valence electrons. The molecule has 35 heavy (non-hydrogen) atoms. The minimum absolute atomic E-state index is 0.0456. The lowest BCUT2D eigenvalue weighted by Gasteiger charge is -2.22. The number of ether oxygens (including phenoxy) is 2. The Bertz CT molecular complexity index is 1030. The van der Waals surface area contributed by atoms with Crippen molar-refractivity contribution >= 4 is 11.6 Å². The fourth-order valence-corrected chi connectivity index (χ4v) is 4.01. The molecule has 7 heteroatoms. The number of benzene rings is 2. The number of phenolic OH excluding ortho intramolecular Hbond substituents is 2. The lowest BCUT2D eigenvalue weighted by atomic mass is 9.79. The summed E-state index contributed by atoms with van der Waals surface area (Å²) in [5.41, 5.74) is 1.39. The first kappa shape index (κ1) is 28.2. The molecule has 0 radical (unpaired) electrons. The summed E-state index contributed by atoms with van der Waals surface area (Å²) in [5.74, 6) is 0.662. The molecular weight excluding hydrogens is 446 g/mol. The maximum atomic E-state index is 13.0. The van der Waals surface area contributed by atoms with Gasteiger partial charge in [0.15, 0.2) is 23.0 Å². The van der Waals surface area contributed by atoms with E-state index in [9.17, 15) is 19.8 Å². The van der Waals surface area contributed by atoms with Crippen LogP contribution in [0.3, 0.4) is 0 Å². The van der Waals surface area contributed by atoms with E-state index in [1.54, 1.807) is 32.0 Å². The molecule has 0 saturated carbocycles. The Hall–Kier alpha value is -3.06. The first-order valence-corrected chi connectivity index (χ1v) is 12.1. The van der Waals surface area contributed by atoms with Gasteiger partial charge in [0.2, 0.25) is 0 Å². The molecule has 0 heterocycles. The number of aryl methyl sites for hydroxylation is 2. The highest BCUT2D eigenvalue weighted by Gasteiger charge is 2.34. The van der Waals surface area contributed by atoms with E-state index in [-0.39, 0.29) is 35.9 Å². The average Bonchev–Trinajstić information content (AvgIpc) is 2.85. The Morgan fingerprint density at radius 2 is 1.40 bits per heavy atom. The standard InChI is InChI=1S/C28H39NO6/c1-7-29(8-2)18-21-15-20(17-24(35-6)27(21)33)11-14-26(32)28(3,4)25(31)13-10-19-9-12-22(30)23(16-19)34-5/h9,12,15-17,30,33H,7-8,10-11,13-14,18H2,1-6H3. The summed E-state index contributed by atoms with van der Waals surface area (Å²) in [5, 5.41) is 20.3. The lowest BCUT2D eigenvalue weighted by Crippen LogP contribution is -2.34. The number of ketones is 2. The minimum Gasteiger partial charge on any atom is -0.504 e. The predicted octanol–water partition coefficient (Wildman–Crippen LogP) is 4.69. The Labute approximate surface area is 208 Å². The van der Waals surface area contributed by atoms with Crippen LogP contribution in [0.5, 0.6) is 23.0 Å². The number of carbonyl (C=O) groups is 2. The van der Waals surface area contributed by atoms with Crippen LogP contribution in [-0.4, -0.2) is 54.0 Å². The van der Waals surface area contributed by atoms with Gasteiger partial charge in [-0.3, -0.25) is 14.5 Å². The SMILES string of the molecule is CCN(CC)Cc1cc(CCC(=O)C(C)(C)C(=O)CCc2ccc(O)c(OC)c2)cc(OC)c1O. The van der Waals surface area contributed by atoms with Gasteiger partial charge in [-0.1, -0.05) is 26.0 Å². The number of rotatable bonds is 14. The Morgan fingerprint density at radius 3 is 1.94 bits per heavy atom. The normalized spacial score (nSPS) is 11.5. The molecule has 2 aromatic carbocycles. The van der Waals surface area contributed by atoms with E-state index in [4.69, 9.17) is 9.47 Å². The predicted molar refractivity (Wildman–Crippen MR) is 136 cm³/mol. The number of methoxy groups -OCH3 is 2. The van der Waals surface area contributed by atoms with Crippen LogP contribution in [0.1, 0.15) is 57.2 Å². The number of hydrogen-bond acceptors (Lipinski definition) is 7. The smallest absolute Gasteiger partial charge is 0.162 e. The van der Waals surface area contributed by atoms with E-state index < -0.39 is 5.41 Å². The van der Waals surface area contributed by atoms with Crippen molar-refractivity contribution in [3.05, 3.63) is 47.0 Å². The van der Waals surface area contributed by atoms with Gasteiger partial charge >= 0.3 is 0 Å². The van der Waals surface area contributed by atoms with Gasteiger partial charge < -0.3 is 19.7 Å². The molecule has 2 aromatic rings. The largest absolute Gasteiger partial charge is 0.504 e. The number of nitrogens with zero attached hydrogens (tertiary/aromatic N) is 1. The summed E-state index contributed by atoms with van der Waals surface area (Å²) in [7, 11) is 2.98. The summed E-state index contributed by atoms with van der Waals surface area (Å²) in [6.07, 6.45) is 1.33. The highest BCUT2D eigenvalue weighted by atomic mass is 16.5. The highest BCUT2D eigenvalue weighted by molar-refractivity contribution is 6.06. The molecule has 0 atom stereocenters. The van der Waals surface area contributed by atoms with E-state index in [2.05, 4.69) is 18.7 Å². The van der Waals surface area contributed by atoms with Crippen molar-refractivity contribution < 1.29 is 29.3 Å².